The van der Waals surface area contributed by atoms with Crippen molar-refractivity contribution in [3.63, 3.8) is 0 Å². The number of benzene rings is 3. The molecule has 4 heteroatoms. The van der Waals surface area contributed by atoms with E-state index < -0.39 is 0 Å². The Morgan fingerprint density at radius 2 is 1.20 bits per heavy atom. The molecule has 1 aromatic heterocycles. The molecule has 0 aliphatic rings. The lowest BCUT2D eigenvalue weighted by molar-refractivity contribution is 0.0947. The molecule has 4 rings (SSSR count). The van der Waals surface area contributed by atoms with E-state index in [4.69, 9.17) is 0 Å². The van der Waals surface area contributed by atoms with Gasteiger partial charge in [0.05, 0.1) is 0 Å². The van der Waals surface area contributed by atoms with E-state index in [1.807, 2.05) is 78.9 Å². The molecule has 0 saturated heterocycles. The molecular formula is C21H15N3O. The minimum Gasteiger partial charge on any atom is -0.267 e. The fraction of sp³-hybridized carbons (Fsp3) is 0. The molecule has 1 heterocycles. The van der Waals surface area contributed by atoms with Gasteiger partial charge in [0, 0.05) is 16.7 Å². The topological polar surface area (TPSA) is 47.8 Å². The first kappa shape index (κ1) is 15.0. The Bertz CT molecular complexity index is 993. The highest BCUT2D eigenvalue weighted by atomic mass is 16.2. The number of rotatable bonds is 3. The second-order valence-electron chi connectivity index (χ2n) is 5.57. The Balaban J connectivity index is 1.87. The van der Waals surface area contributed by atoms with Crippen LogP contribution in [0.3, 0.4) is 0 Å². The molecule has 0 aliphatic heterocycles. The summed E-state index contributed by atoms with van der Waals surface area (Å²) < 4.78 is 1.38. The normalized spacial score (nSPS) is 10.6. The summed E-state index contributed by atoms with van der Waals surface area (Å²) in [5, 5.41) is 4.49. The molecule has 0 aliphatic carbocycles. The van der Waals surface area contributed by atoms with Crippen molar-refractivity contribution in [2.24, 2.45) is 0 Å². The monoisotopic (exact) mass is 325 g/mol. The summed E-state index contributed by atoms with van der Waals surface area (Å²) in [6.07, 6.45) is 0. The molecule has 0 saturated carbocycles. The minimum atomic E-state index is -0.200. The van der Waals surface area contributed by atoms with E-state index >= 15 is 0 Å². The summed E-state index contributed by atoms with van der Waals surface area (Å²) in [6, 6.07) is 28.4. The Morgan fingerprint density at radius 3 is 1.80 bits per heavy atom. The molecule has 25 heavy (non-hydrogen) atoms. The van der Waals surface area contributed by atoms with Gasteiger partial charge >= 0.3 is 0 Å². The first-order valence-corrected chi connectivity index (χ1v) is 8.00. The third kappa shape index (κ3) is 2.97. The summed E-state index contributed by atoms with van der Waals surface area (Å²) in [5.74, 6) is 0.867. The average molecular weight is 325 g/mol. The average Bonchev–Trinajstić information content (AvgIpc) is 3.15. The molecule has 0 atom stereocenters. The Kier molecular flexibility index (Phi) is 3.92. The van der Waals surface area contributed by atoms with E-state index in [9.17, 15) is 4.79 Å². The van der Waals surface area contributed by atoms with Crippen LogP contribution in [0.2, 0.25) is 0 Å². The summed E-state index contributed by atoms with van der Waals surface area (Å²) in [6.45, 7) is 0. The predicted molar refractivity (Wildman–Crippen MR) is 97.1 cm³/mol. The molecule has 4 aromatic rings. The van der Waals surface area contributed by atoms with Gasteiger partial charge in [-0.3, -0.25) is 4.79 Å². The van der Waals surface area contributed by atoms with Gasteiger partial charge in [-0.2, -0.15) is 4.68 Å². The molecule has 0 amide bonds. The standard InChI is InChI=1S/C21H15N3O/c25-21(18-14-8-3-9-15-18)24-20(17-12-6-2-7-13-17)22-19(23-24)16-10-4-1-5-11-16/h1-15H. The first-order chi connectivity index (χ1) is 12.3. The fourth-order valence-corrected chi connectivity index (χ4v) is 2.64. The van der Waals surface area contributed by atoms with E-state index in [0.717, 1.165) is 11.1 Å². The van der Waals surface area contributed by atoms with Crippen molar-refractivity contribution >= 4 is 5.91 Å². The number of aromatic nitrogens is 3. The van der Waals surface area contributed by atoms with Crippen LogP contribution in [0, 0.1) is 0 Å². The second kappa shape index (κ2) is 6.53. The molecule has 0 radical (unpaired) electrons. The Labute approximate surface area is 145 Å². The second-order valence-corrected chi connectivity index (χ2v) is 5.57. The maximum atomic E-state index is 12.9. The summed E-state index contributed by atoms with van der Waals surface area (Å²) in [5.41, 5.74) is 2.30. The number of nitrogens with zero attached hydrogens (tertiary/aromatic N) is 3. The fourth-order valence-electron chi connectivity index (χ4n) is 2.64. The molecule has 3 aromatic carbocycles. The minimum absolute atomic E-state index is 0.200. The van der Waals surface area contributed by atoms with E-state index in [1.54, 1.807) is 12.1 Å². The number of hydrogen-bond donors (Lipinski definition) is 0. The third-order valence-electron chi connectivity index (χ3n) is 3.88. The lowest BCUT2D eigenvalue weighted by atomic mass is 10.2. The van der Waals surface area contributed by atoms with Crippen molar-refractivity contribution in [1.82, 2.24) is 14.8 Å². The molecule has 120 valence electrons. The Morgan fingerprint density at radius 1 is 0.680 bits per heavy atom. The van der Waals surface area contributed by atoms with Crippen LogP contribution in [0.5, 0.6) is 0 Å². The highest BCUT2D eigenvalue weighted by molar-refractivity contribution is 5.97. The Hall–Kier alpha value is -3.53. The SMILES string of the molecule is O=C(c1ccccc1)n1nc(-c2ccccc2)nc1-c1ccccc1. The summed E-state index contributed by atoms with van der Waals surface area (Å²) >= 11 is 0. The predicted octanol–water partition coefficient (Wildman–Crippen LogP) is 4.30. The van der Waals surface area contributed by atoms with Gasteiger partial charge in [0.15, 0.2) is 11.6 Å². The van der Waals surface area contributed by atoms with Gasteiger partial charge in [-0.1, -0.05) is 78.9 Å². The summed E-state index contributed by atoms with van der Waals surface area (Å²) in [7, 11) is 0. The van der Waals surface area contributed by atoms with E-state index in [-0.39, 0.29) is 5.91 Å². The van der Waals surface area contributed by atoms with Gasteiger partial charge in [-0.25, -0.2) is 4.98 Å². The van der Waals surface area contributed by atoms with E-state index in [0.29, 0.717) is 17.2 Å². The number of carbonyl (C=O) groups is 1. The van der Waals surface area contributed by atoms with Crippen LogP contribution in [0.15, 0.2) is 91.0 Å². The highest BCUT2D eigenvalue weighted by Crippen LogP contribution is 2.23. The van der Waals surface area contributed by atoms with Crippen LogP contribution in [-0.4, -0.2) is 20.7 Å². The smallest absolute Gasteiger partial charge is 0.267 e. The molecular weight excluding hydrogens is 310 g/mol. The van der Waals surface area contributed by atoms with Gasteiger partial charge in [0.2, 0.25) is 0 Å². The third-order valence-corrected chi connectivity index (χ3v) is 3.88. The largest absolute Gasteiger partial charge is 0.280 e. The van der Waals surface area contributed by atoms with Crippen LogP contribution in [0.4, 0.5) is 0 Å². The molecule has 4 nitrogen and oxygen atoms in total. The van der Waals surface area contributed by atoms with Gasteiger partial charge in [-0.15, -0.1) is 5.10 Å². The van der Waals surface area contributed by atoms with Crippen LogP contribution in [0.25, 0.3) is 22.8 Å². The lowest BCUT2D eigenvalue weighted by Gasteiger charge is -2.04. The van der Waals surface area contributed by atoms with Gasteiger partial charge < -0.3 is 0 Å². The molecule has 0 bridgehead atoms. The number of hydrogen-bond acceptors (Lipinski definition) is 3. The highest BCUT2D eigenvalue weighted by Gasteiger charge is 2.19. The zero-order valence-electron chi connectivity index (χ0n) is 13.4. The van der Waals surface area contributed by atoms with Crippen LogP contribution in [-0.2, 0) is 0 Å². The van der Waals surface area contributed by atoms with E-state index in [1.165, 1.54) is 4.68 Å². The molecule has 0 fully saturated rings. The number of carbonyl (C=O) groups excluding carboxylic acids is 1. The van der Waals surface area contributed by atoms with Crippen molar-refractivity contribution in [3.05, 3.63) is 96.6 Å². The van der Waals surface area contributed by atoms with Crippen LogP contribution >= 0.6 is 0 Å². The van der Waals surface area contributed by atoms with Gasteiger partial charge in [0.1, 0.15) is 0 Å². The zero-order chi connectivity index (χ0) is 17.1. The molecule has 0 spiro atoms. The quantitative estimate of drug-likeness (QED) is 0.564. The first-order valence-electron chi connectivity index (χ1n) is 8.00. The van der Waals surface area contributed by atoms with Crippen molar-refractivity contribution < 1.29 is 4.79 Å². The van der Waals surface area contributed by atoms with Gasteiger partial charge in [0.25, 0.3) is 5.91 Å². The van der Waals surface area contributed by atoms with E-state index in [2.05, 4.69) is 10.1 Å². The van der Waals surface area contributed by atoms with Crippen molar-refractivity contribution in [3.8, 4) is 22.8 Å². The van der Waals surface area contributed by atoms with Crippen molar-refractivity contribution in [2.45, 2.75) is 0 Å². The molecule has 0 unspecified atom stereocenters. The van der Waals surface area contributed by atoms with Gasteiger partial charge in [-0.05, 0) is 12.1 Å². The van der Waals surface area contributed by atoms with Crippen molar-refractivity contribution in [2.75, 3.05) is 0 Å². The maximum absolute atomic E-state index is 12.9. The van der Waals surface area contributed by atoms with Crippen LogP contribution in [0.1, 0.15) is 10.4 Å². The summed E-state index contributed by atoms with van der Waals surface area (Å²) in [4.78, 5) is 17.6. The lowest BCUT2D eigenvalue weighted by Crippen LogP contribution is -2.15. The zero-order valence-corrected chi connectivity index (χ0v) is 13.4. The maximum Gasteiger partial charge on any atom is 0.280 e. The van der Waals surface area contributed by atoms with Crippen molar-refractivity contribution in [1.29, 1.82) is 0 Å². The van der Waals surface area contributed by atoms with Crippen LogP contribution < -0.4 is 0 Å². The molecule has 0 N–H and O–H groups in total.